The van der Waals surface area contributed by atoms with Crippen molar-refractivity contribution in [2.24, 2.45) is 11.8 Å². The van der Waals surface area contributed by atoms with Gasteiger partial charge in [-0.3, -0.25) is 14.9 Å². The molecule has 178 valence electrons. The van der Waals surface area contributed by atoms with Gasteiger partial charge < -0.3 is 14.7 Å². The molecule has 2 amide bonds. The van der Waals surface area contributed by atoms with E-state index in [9.17, 15) is 14.4 Å². The van der Waals surface area contributed by atoms with Crippen molar-refractivity contribution in [1.82, 2.24) is 4.90 Å². The lowest BCUT2D eigenvalue weighted by Gasteiger charge is -2.41. The molecule has 1 atom stereocenters. The van der Waals surface area contributed by atoms with Crippen molar-refractivity contribution < 1.29 is 24.2 Å². The van der Waals surface area contributed by atoms with E-state index in [1.807, 2.05) is 24.3 Å². The third-order valence-corrected chi connectivity index (χ3v) is 6.99. The molecule has 2 N–H and O–H groups in total. The molecule has 1 unspecified atom stereocenters. The van der Waals surface area contributed by atoms with E-state index < -0.39 is 18.0 Å². The van der Waals surface area contributed by atoms with E-state index in [0.717, 1.165) is 22.3 Å². The molecule has 7 heteroatoms. The van der Waals surface area contributed by atoms with Gasteiger partial charge in [0, 0.05) is 36.2 Å². The molecule has 0 bridgehead atoms. The second-order valence-electron chi connectivity index (χ2n) is 9.13. The third-order valence-electron chi connectivity index (χ3n) is 6.99. The monoisotopic (exact) mass is 470 g/mol. The maximum absolute atomic E-state index is 12.8. The summed E-state index contributed by atoms with van der Waals surface area (Å²) < 4.78 is 5.59. The van der Waals surface area contributed by atoms with E-state index in [1.165, 1.54) is 0 Å². The zero-order valence-corrected chi connectivity index (χ0v) is 19.3. The molecule has 7 nitrogen and oxygen atoms in total. The minimum atomic E-state index is -0.851. The molecule has 1 heterocycles. The maximum atomic E-state index is 12.8. The number of hydrogen-bond donors (Lipinski definition) is 2. The Kier molecular flexibility index (Phi) is 5.99. The first kappa shape index (κ1) is 22.7. The lowest BCUT2D eigenvalue weighted by molar-refractivity contribution is -0.144. The van der Waals surface area contributed by atoms with Crippen LogP contribution in [0.2, 0.25) is 0 Å². The third kappa shape index (κ3) is 4.37. The number of carboxylic acid groups (broad SMARTS) is 1. The van der Waals surface area contributed by atoms with Gasteiger partial charge in [-0.05, 0) is 40.5 Å². The molecule has 0 radical (unpaired) electrons. The van der Waals surface area contributed by atoms with E-state index >= 15 is 0 Å². The Balaban J connectivity index is 1.20. The Labute approximate surface area is 203 Å². The number of rotatable bonds is 6. The lowest BCUT2D eigenvalue weighted by atomic mass is 9.86. The highest BCUT2D eigenvalue weighted by Gasteiger charge is 2.37. The van der Waals surface area contributed by atoms with Gasteiger partial charge in [0.2, 0.25) is 0 Å². The van der Waals surface area contributed by atoms with Crippen LogP contribution < -0.4 is 5.32 Å². The average Bonchev–Trinajstić information content (AvgIpc) is 3.15. The highest BCUT2D eigenvalue weighted by atomic mass is 16.5. The molecule has 1 fully saturated rings. The molecule has 3 aromatic rings. The normalized spacial score (nSPS) is 15.5. The van der Waals surface area contributed by atoms with Crippen molar-refractivity contribution in [3.63, 3.8) is 0 Å². The zero-order valence-electron chi connectivity index (χ0n) is 19.3. The molecule has 2 aliphatic rings. The summed E-state index contributed by atoms with van der Waals surface area (Å²) in [5.41, 5.74) is 5.49. The minimum absolute atomic E-state index is 0.0337. The summed E-state index contributed by atoms with van der Waals surface area (Å²) in [5.74, 6) is -1.60. The number of carboxylic acids is 1. The van der Waals surface area contributed by atoms with Gasteiger partial charge in [-0.1, -0.05) is 61.5 Å². The minimum Gasteiger partial charge on any atom is -0.481 e. The molecule has 1 saturated heterocycles. The number of fused-ring (bicyclic) bond motifs is 3. The predicted octanol–water partition coefficient (Wildman–Crippen LogP) is 4.84. The number of anilines is 1. The van der Waals surface area contributed by atoms with Crippen LogP contribution in [0.1, 0.15) is 34.3 Å². The number of hydrogen-bond acceptors (Lipinski definition) is 4. The highest BCUT2D eigenvalue weighted by molar-refractivity contribution is 5.97. The Morgan fingerprint density at radius 1 is 0.971 bits per heavy atom. The first-order valence-electron chi connectivity index (χ1n) is 11.7. The Morgan fingerprint density at radius 3 is 2.23 bits per heavy atom. The zero-order chi connectivity index (χ0) is 24.5. The molecule has 1 aliphatic heterocycles. The molecule has 3 aromatic carbocycles. The number of nitrogens with zero attached hydrogens (tertiary/aromatic N) is 1. The second kappa shape index (κ2) is 9.25. The van der Waals surface area contributed by atoms with Gasteiger partial charge in [-0.25, -0.2) is 4.79 Å². The van der Waals surface area contributed by atoms with Crippen molar-refractivity contribution >= 4 is 23.7 Å². The van der Waals surface area contributed by atoms with E-state index in [0.29, 0.717) is 24.3 Å². The molecule has 1 aliphatic carbocycles. The van der Waals surface area contributed by atoms with Crippen LogP contribution in [0.3, 0.4) is 0 Å². The maximum Gasteiger partial charge on any atom is 0.411 e. The van der Waals surface area contributed by atoms with Gasteiger partial charge >= 0.3 is 12.1 Å². The number of aliphatic carboxylic acids is 1. The fraction of sp³-hybridized carbons (Fsp3) is 0.250. The molecular weight excluding hydrogens is 444 g/mol. The topological polar surface area (TPSA) is 95.9 Å². The number of carbonyl (C=O) groups excluding carboxylic acids is 2. The fourth-order valence-electron chi connectivity index (χ4n) is 4.86. The summed E-state index contributed by atoms with van der Waals surface area (Å²) >= 11 is 0. The summed E-state index contributed by atoms with van der Waals surface area (Å²) in [6.07, 6.45) is -0.587. The number of nitrogens with one attached hydrogen (secondary N) is 1. The number of likely N-dealkylation sites (tertiary alicyclic amines) is 1. The summed E-state index contributed by atoms with van der Waals surface area (Å²) in [4.78, 5) is 38.1. The van der Waals surface area contributed by atoms with Gasteiger partial charge in [0.25, 0.3) is 5.91 Å². The Bertz CT molecular complexity index is 1250. The summed E-state index contributed by atoms with van der Waals surface area (Å²) in [5, 5.41) is 11.9. The number of carbonyl (C=O) groups is 3. The Hall–Kier alpha value is -4.13. The summed E-state index contributed by atoms with van der Waals surface area (Å²) in [7, 11) is 0. The van der Waals surface area contributed by atoms with E-state index in [4.69, 9.17) is 9.84 Å². The number of benzene rings is 3. The number of ether oxygens (including phenoxy) is 1. The van der Waals surface area contributed by atoms with Crippen LogP contribution in [0.25, 0.3) is 11.1 Å². The SMILES string of the molecule is CC(C(=O)O)C1CN(C(=O)c2cccc(NC(=O)OCC3c4ccccc4-c4ccccc43)c2)C1. The smallest absolute Gasteiger partial charge is 0.411 e. The largest absolute Gasteiger partial charge is 0.481 e. The Morgan fingerprint density at radius 2 is 1.60 bits per heavy atom. The fourth-order valence-corrected chi connectivity index (χ4v) is 4.86. The van der Waals surface area contributed by atoms with Gasteiger partial charge in [0.15, 0.2) is 0 Å². The summed E-state index contributed by atoms with van der Waals surface area (Å²) in [6, 6.07) is 23.0. The van der Waals surface area contributed by atoms with Crippen molar-refractivity contribution in [3.8, 4) is 11.1 Å². The molecular formula is C28H26N2O5. The molecule has 0 spiro atoms. The van der Waals surface area contributed by atoms with Crippen molar-refractivity contribution in [2.45, 2.75) is 12.8 Å². The highest BCUT2D eigenvalue weighted by Crippen LogP contribution is 2.44. The van der Waals surface area contributed by atoms with Crippen LogP contribution in [-0.4, -0.2) is 47.7 Å². The van der Waals surface area contributed by atoms with Crippen molar-refractivity contribution in [3.05, 3.63) is 89.5 Å². The molecule has 0 aromatic heterocycles. The van der Waals surface area contributed by atoms with Crippen LogP contribution in [0, 0.1) is 11.8 Å². The lowest BCUT2D eigenvalue weighted by Crippen LogP contribution is -2.53. The number of amides is 2. The van der Waals surface area contributed by atoms with E-state index in [-0.39, 0.29) is 24.3 Å². The van der Waals surface area contributed by atoms with Gasteiger partial charge in [0.1, 0.15) is 6.61 Å². The predicted molar refractivity (Wildman–Crippen MR) is 131 cm³/mol. The van der Waals surface area contributed by atoms with Crippen LogP contribution >= 0.6 is 0 Å². The summed E-state index contributed by atoms with van der Waals surface area (Å²) in [6.45, 7) is 2.69. The molecule has 5 rings (SSSR count). The van der Waals surface area contributed by atoms with E-state index in [1.54, 1.807) is 36.1 Å². The first-order valence-corrected chi connectivity index (χ1v) is 11.7. The van der Waals surface area contributed by atoms with Crippen molar-refractivity contribution in [1.29, 1.82) is 0 Å². The molecule has 35 heavy (non-hydrogen) atoms. The molecule has 0 saturated carbocycles. The second-order valence-corrected chi connectivity index (χ2v) is 9.13. The van der Waals surface area contributed by atoms with Gasteiger partial charge in [0.05, 0.1) is 5.92 Å². The quantitative estimate of drug-likeness (QED) is 0.537. The van der Waals surface area contributed by atoms with Crippen LogP contribution in [-0.2, 0) is 9.53 Å². The van der Waals surface area contributed by atoms with Gasteiger partial charge in [-0.15, -0.1) is 0 Å². The first-order chi connectivity index (χ1) is 16.9. The average molecular weight is 471 g/mol. The van der Waals surface area contributed by atoms with Crippen LogP contribution in [0.15, 0.2) is 72.8 Å². The van der Waals surface area contributed by atoms with E-state index in [2.05, 4.69) is 29.6 Å². The van der Waals surface area contributed by atoms with Crippen LogP contribution in [0.4, 0.5) is 10.5 Å². The van der Waals surface area contributed by atoms with Gasteiger partial charge in [-0.2, -0.15) is 0 Å². The van der Waals surface area contributed by atoms with Crippen LogP contribution in [0.5, 0.6) is 0 Å². The van der Waals surface area contributed by atoms with Crippen molar-refractivity contribution in [2.75, 3.05) is 25.0 Å². The standard InChI is InChI=1S/C28H26N2O5/c1-17(27(32)33)19-14-30(15-19)26(31)18-7-6-8-20(13-18)29-28(34)35-16-25-23-11-4-2-9-21(23)22-10-3-5-12-24(22)25/h2-13,17,19,25H,14-16H2,1H3,(H,29,34)(H,32,33).